The van der Waals surface area contributed by atoms with E-state index in [2.05, 4.69) is 5.32 Å². The number of rotatable bonds is 5. The molecule has 0 spiro atoms. The lowest BCUT2D eigenvalue weighted by molar-refractivity contribution is -0.120. The van der Waals surface area contributed by atoms with Crippen molar-refractivity contribution in [3.05, 3.63) is 17.6 Å². The largest absolute Gasteiger partial charge is 0.475 e. The summed E-state index contributed by atoms with van der Waals surface area (Å²) >= 11 is 0. The van der Waals surface area contributed by atoms with Gasteiger partial charge in [0.25, 0.3) is 0 Å². The minimum atomic E-state index is -3.97. The second kappa shape index (κ2) is 5.41. The second-order valence-corrected chi connectivity index (χ2v) is 5.78. The molecule has 0 unspecified atom stereocenters. The molecule has 2 N–H and O–H groups in total. The maximum atomic E-state index is 12.1. The van der Waals surface area contributed by atoms with E-state index in [1.807, 2.05) is 0 Å². The Morgan fingerprint density at radius 1 is 1.47 bits per heavy atom. The first kappa shape index (κ1) is 15.2. The van der Waals surface area contributed by atoms with Crippen LogP contribution in [0.1, 0.15) is 16.3 Å². The first-order valence-corrected chi connectivity index (χ1v) is 6.64. The van der Waals surface area contributed by atoms with Crippen molar-refractivity contribution in [3.63, 3.8) is 0 Å². The zero-order valence-corrected chi connectivity index (χ0v) is 11.4. The third kappa shape index (κ3) is 3.12. The summed E-state index contributed by atoms with van der Waals surface area (Å²) in [5, 5.41) is 11.0. The van der Waals surface area contributed by atoms with Crippen molar-refractivity contribution in [1.29, 1.82) is 0 Å². The lowest BCUT2D eigenvalue weighted by atomic mass is 10.4. The van der Waals surface area contributed by atoms with Crippen LogP contribution in [0.3, 0.4) is 0 Å². The predicted molar refractivity (Wildman–Crippen MR) is 64.3 cm³/mol. The summed E-state index contributed by atoms with van der Waals surface area (Å²) in [6.45, 7) is 0.971. The van der Waals surface area contributed by atoms with Gasteiger partial charge in [-0.15, -0.1) is 0 Å². The third-order valence-corrected chi connectivity index (χ3v) is 4.33. The molecule has 0 saturated carbocycles. The fourth-order valence-electron chi connectivity index (χ4n) is 1.36. The number of aryl methyl sites for hydroxylation is 1. The highest BCUT2D eigenvalue weighted by Crippen LogP contribution is 2.22. The summed E-state index contributed by atoms with van der Waals surface area (Å²) in [5.74, 6) is -2.35. The van der Waals surface area contributed by atoms with E-state index in [0.717, 1.165) is 10.4 Å². The number of hydrogen-bond acceptors (Lipinski definition) is 5. The van der Waals surface area contributed by atoms with Gasteiger partial charge in [0.05, 0.1) is 6.54 Å². The highest BCUT2D eigenvalue weighted by atomic mass is 32.2. The number of carboxylic acid groups (broad SMARTS) is 1. The van der Waals surface area contributed by atoms with Crippen LogP contribution in [0.25, 0.3) is 0 Å². The van der Waals surface area contributed by atoms with Crippen molar-refractivity contribution in [2.45, 2.75) is 11.8 Å². The third-order valence-electron chi connectivity index (χ3n) is 2.42. The minimum absolute atomic E-state index is 0.0406. The van der Waals surface area contributed by atoms with Gasteiger partial charge in [-0.1, -0.05) is 0 Å². The summed E-state index contributed by atoms with van der Waals surface area (Å²) in [4.78, 5) is 21.6. The molecule has 9 heteroatoms. The van der Waals surface area contributed by atoms with Gasteiger partial charge >= 0.3 is 5.97 Å². The number of carbonyl (C=O) groups is 2. The van der Waals surface area contributed by atoms with E-state index in [1.54, 1.807) is 0 Å². The van der Waals surface area contributed by atoms with E-state index < -0.39 is 27.7 Å². The van der Waals surface area contributed by atoms with Crippen LogP contribution in [-0.2, 0) is 14.8 Å². The van der Waals surface area contributed by atoms with Gasteiger partial charge < -0.3 is 14.8 Å². The van der Waals surface area contributed by atoms with Crippen LogP contribution >= 0.6 is 0 Å². The van der Waals surface area contributed by atoms with Crippen LogP contribution in [0.2, 0.25) is 0 Å². The van der Waals surface area contributed by atoms with Crippen LogP contribution < -0.4 is 5.32 Å². The van der Waals surface area contributed by atoms with Crippen molar-refractivity contribution < 1.29 is 27.5 Å². The lowest BCUT2D eigenvalue weighted by Crippen LogP contribution is -2.36. The Balaban J connectivity index is 3.13. The number of carboxylic acids is 1. The van der Waals surface area contributed by atoms with Crippen molar-refractivity contribution in [3.8, 4) is 0 Å². The monoisotopic (exact) mass is 290 g/mol. The van der Waals surface area contributed by atoms with E-state index in [1.165, 1.54) is 21.0 Å². The number of likely N-dealkylation sites (N-methyl/N-ethyl adjacent to an activating group) is 2. The van der Waals surface area contributed by atoms with Crippen molar-refractivity contribution >= 4 is 21.9 Å². The highest BCUT2D eigenvalue weighted by Gasteiger charge is 2.28. The number of hydrogen-bond donors (Lipinski definition) is 2. The fourth-order valence-corrected chi connectivity index (χ4v) is 2.64. The summed E-state index contributed by atoms with van der Waals surface area (Å²) < 4.78 is 29.9. The van der Waals surface area contributed by atoms with Gasteiger partial charge in [0.15, 0.2) is 0 Å². The maximum absolute atomic E-state index is 12.1. The normalized spacial score (nSPS) is 11.6. The Bertz CT molecular complexity index is 604. The highest BCUT2D eigenvalue weighted by molar-refractivity contribution is 7.89. The average molecular weight is 290 g/mol. The number of amides is 1. The minimum Gasteiger partial charge on any atom is -0.475 e. The van der Waals surface area contributed by atoms with E-state index in [4.69, 9.17) is 9.52 Å². The van der Waals surface area contributed by atoms with Gasteiger partial charge in [-0.25, -0.2) is 13.2 Å². The number of carbonyl (C=O) groups excluding carboxylic acids is 1. The van der Waals surface area contributed by atoms with Gasteiger partial charge in [-0.2, -0.15) is 4.31 Å². The molecule has 0 aliphatic rings. The number of furan rings is 1. The molecule has 0 bridgehead atoms. The first-order valence-electron chi connectivity index (χ1n) is 5.20. The van der Waals surface area contributed by atoms with Gasteiger partial charge in [0.2, 0.25) is 21.7 Å². The zero-order valence-electron chi connectivity index (χ0n) is 10.6. The molecule has 19 heavy (non-hydrogen) atoms. The van der Waals surface area contributed by atoms with Crippen LogP contribution in [0.5, 0.6) is 0 Å². The standard InChI is InChI=1S/C10H14N2O6S/c1-6-8(4-7(18-6)10(14)15)19(16,17)12(3)5-9(13)11-2/h4H,5H2,1-3H3,(H,11,13)(H,14,15). The van der Waals surface area contributed by atoms with Gasteiger partial charge in [-0.05, 0) is 6.92 Å². The molecule has 1 heterocycles. The average Bonchev–Trinajstić information content (AvgIpc) is 2.71. The number of aromatic carboxylic acids is 1. The Morgan fingerprint density at radius 3 is 2.47 bits per heavy atom. The molecular formula is C10H14N2O6S. The van der Waals surface area contributed by atoms with E-state index in [9.17, 15) is 18.0 Å². The molecular weight excluding hydrogens is 276 g/mol. The second-order valence-electron chi connectivity index (χ2n) is 3.77. The molecule has 0 aliphatic heterocycles. The molecule has 0 atom stereocenters. The molecule has 0 radical (unpaired) electrons. The number of sulfonamides is 1. The predicted octanol–water partition coefficient (Wildman–Crippen LogP) is -0.347. The van der Waals surface area contributed by atoms with Crippen LogP contribution in [0, 0.1) is 6.92 Å². The number of nitrogens with one attached hydrogen (secondary N) is 1. The van der Waals surface area contributed by atoms with Crippen molar-refractivity contribution in [1.82, 2.24) is 9.62 Å². The Morgan fingerprint density at radius 2 is 2.05 bits per heavy atom. The molecule has 1 aromatic rings. The molecule has 0 fully saturated rings. The van der Waals surface area contributed by atoms with Crippen LogP contribution in [0.15, 0.2) is 15.4 Å². The van der Waals surface area contributed by atoms with Gasteiger partial charge in [0, 0.05) is 20.2 Å². The molecule has 0 aromatic carbocycles. The lowest BCUT2D eigenvalue weighted by Gasteiger charge is -2.15. The number of nitrogens with zero attached hydrogens (tertiary/aromatic N) is 1. The van der Waals surface area contributed by atoms with Crippen LogP contribution in [0.4, 0.5) is 0 Å². The maximum Gasteiger partial charge on any atom is 0.371 e. The molecule has 1 rings (SSSR count). The molecule has 0 aliphatic carbocycles. The van der Waals surface area contributed by atoms with Gasteiger partial charge in [0.1, 0.15) is 10.7 Å². The van der Waals surface area contributed by atoms with E-state index in [-0.39, 0.29) is 17.2 Å². The van der Waals surface area contributed by atoms with Crippen molar-refractivity contribution in [2.75, 3.05) is 20.6 Å². The van der Waals surface area contributed by atoms with Crippen molar-refractivity contribution in [2.24, 2.45) is 0 Å². The molecule has 1 amide bonds. The summed E-state index contributed by atoms with van der Waals surface area (Å²) in [6, 6.07) is 0.924. The SMILES string of the molecule is CNC(=O)CN(C)S(=O)(=O)c1cc(C(=O)O)oc1C. The van der Waals surface area contributed by atoms with E-state index in [0.29, 0.717) is 0 Å². The Labute approximate surface area is 110 Å². The molecule has 106 valence electrons. The first-order chi connectivity index (χ1) is 8.70. The molecule has 1 aromatic heterocycles. The van der Waals surface area contributed by atoms with E-state index >= 15 is 0 Å². The zero-order chi connectivity index (χ0) is 14.8. The Hall–Kier alpha value is -1.87. The van der Waals surface area contributed by atoms with Gasteiger partial charge in [-0.3, -0.25) is 4.79 Å². The summed E-state index contributed by atoms with van der Waals surface area (Å²) in [7, 11) is -1.37. The summed E-state index contributed by atoms with van der Waals surface area (Å²) in [6.07, 6.45) is 0. The Kier molecular flexibility index (Phi) is 4.32. The topological polar surface area (TPSA) is 117 Å². The fraction of sp³-hybridized carbons (Fsp3) is 0.400. The quantitative estimate of drug-likeness (QED) is 0.765. The van der Waals surface area contributed by atoms with Crippen LogP contribution in [-0.4, -0.2) is 50.3 Å². The summed E-state index contributed by atoms with van der Waals surface area (Å²) in [5.41, 5.74) is 0. The molecule has 0 saturated heterocycles. The molecule has 8 nitrogen and oxygen atoms in total. The smallest absolute Gasteiger partial charge is 0.371 e.